The van der Waals surface area contributed by atoms with Gasteiger partial charge >= 0.3 is 59.0 Å². The molecule has 11 N–H and O–H groups in total. The van der Waals surface area contributed by atoms with E-state index in [9.17, 15) is 62.7 Å². The van der Waals surface area contributed by atoms with Crippen LogP contribution >= 0.6 is 35.2 Å². The molecule has 31 heteroatoms. The van der Waals surface area contributed by atoms with Crippen LogP contribution in [0, 0.1) is 5.41 Å². The predicted octanol–water partition coefficient (Wildman–Crippen LogP) is -4.35. The maximum absolute atomic E-state index is 12.6. The first-order valence-electron chi connectivity index (χ1n) is 15.7. The number of hydrogen-bond acceptors (Lipinski definition) is 19. The van der Waals surface area contributed by atoms with Crippen molar-refractivity contribution < 1.29 is 121 Å². The second-order valence-corrected chi connectivity index (χ2v) is 17.6. The molecule has 0 saturated carbocycles. The molecule has 56 heavy (non-hydrogen) atoms. The molecule has 7 atom stereocenters. The number of phosphoric ester groups is 3. The number of amides is 2. The minimum atomic E-state index is -5.59. The Kier molecular flexibility index (Phi) is 19.1. The molecule has 0 bridgehead atoms. The number of thioether (sulfide) groups is 1. The third-order valence-electron chi connectivity index (χ3n) is 7.31. The number of aliphatic hydroxyl groups is 2. The minimum absolute atomic E-state index is 0. The molecule has 2 aromatic heterocycles. The number of carboxylic acid groups (broad SMARTS) is 1. The van der Waals surface area contributed by atoms with Gasteiger partial charge in [-0.25, -0.2) is 28.6 Å². The van der Waals surface area contributed by atoms with Crippen molar-refractivity contribution in [3.63, 3.8) is 0 Å². The Hall–Kier alpha value is -1.97. The van der Waals surface area contributed by atoms with Gasteiger partial charge in [0, 0.05) is 37.1 Å². The average Bonchev–Trinajstić information content (AvgIpc) is 3.63. The Bertz CT molecular complexity index is 1860. The molecule has 3 heterocycles. The SMILES string of the molecule is CC(C)(COP(=O)(O)OP(=O)(O)OC[C@H]1O[C@@H](n2cnc3c(N)ncnc32)[C@H](O)[C@@H]1OP(=O)(O)O)[C@@H](O)C(=O)NCCC(=O)NCCSC(=O)CCC(=O)O.[H-].[Na+]. The van der Waals surface area contributed by atoms with E-state index in [1.54, 1.807) is 0 Å². The van der Waals surface area contributed by atoms with Gasteiger partial charge in [0.1, 0.15) is 36.3 Å². The normalized spacial score (nSPS) is 21.4. The molecule has 2 amide bonds. The molecule has 1 fully saturated rings. The number of aliphatic hydroxyl groups excluding tert-OH is 2. The number of fused-ring (bicyclic) bond motifs is 1. The molecule has 3 rings (SSSR count). The Morgan fingerprint density at radius 1 is 1.04 bits per heavy atom. The van der Waals surface area contributed by atoms with Gasteiger partial charge in [0.25, 0.3) is 0 Å². The van der Waals surface area contributed by atoms with Crippen LogP contribution in [0.25, 0.3) is 11.2 Å². The molecule has 0 aromatic carbocycles. The summed E-state index contributed by atoms with van der Waals surface area (Å²) in [4.78, 5) is 97.3. The Morgan fingerprint density at radius 3 is 2.34 bits per heavy atom. The molecule has 0 aliphatic carbocycles. The number of aromatic nitrogens is 4. The third-order valence-corrected chi connectivity index (χ3v) is 11.3. The van der Waals surface area contributed by atoms with E-state index in [2.05, 4.69) is 34.4 Å². The average molecular weight is 892 g/mol. The van der Waals surface area contributed by atoms with Gasteiger partial charge in [-0.1, -0.05) is 25.6 Å². The molecule has 2 aromatic rings. The third kappa shape index (κ3) is 15.7. The molecule has 1 aliphatic heterocycles. The van der Waals surface area contributed by atoms with Gasteiger partial charge in [-0.05, 0) is 0 Å². The van der Waals surface area contributed by atoms with Crippen molar-refractivity contribution in [1.29, 1.82) is 0 Å². The molecule has 0 spiro atoms. The summed E-state index contributed by atoms with van der Waals surface area (Å²) in [6, 6.07) is 0. The topological polar surface area (TPSA) is 401 Å². The van der Waals surface area contributed by atoms with E-state index in [0.29, 0.717) is 0 Å². The first-order valence-corrected chi connectivity index (χ1v) is 21.2. The van der Waals surface area contributed by atoms with Crippen molar-refractivity contribution in [3.8, 4) is 0 Å². The van der Waals surface area contributed by atoms with Crippen molar-refractivity contribution in [1.82, 2.24) is 30.2 Å². The summed E-state index contributed by atoms with van der Waals surface area (Å²) in [5.74, 6) is -2.51. The van der Waals surface area contributed by atoms with Crippen molar-refractivity contribution in [3.05, 3.63) is 12.7 Å². The molecule has 26 nitrogen and oxygen atoms in total. The maximum Gasteiger partial charge on any atom is 1.00 e. The zero-order valence-corrected chi connectivity index (χ0v) is 35.3. The fourth-order valence-corrected chi connectivity index (χ4v) is 8.08. The standard InChI is InChI=1S/C25H40N7O19P3S.Na.H/c1-25(2,20(38)23(39)28-6-5-14(33)27-7-8-55-16(36)4-3-15(34)35)10-48-54(45,46)51-53(43,44)47-9-13-19(50-52(40,41)42)18(37)24(49-13)32-12-31-17-21(26)29-11-30-22(17)32;;/h11-13,18-20,24,37-38H,3-10H2,1-2H3,(H,27,33)(H,28,39)(H,34,35)(H,43,44)(H,45,46)(H2,26,29,30)(H2,40,41,42);;/q;+1;-1/t13-,18-,19-,20+,24-;;/m1../s1. The second-order valence-electron chi connectivity index (χ2n) is 12.2. The number of nitrogens with two attached hydrogens (primary N) is 1. The maximum atomic E-state index is 12.6. The number of ether oxygens (including phenoxy) is 1. The van der Waals surface area contributed by atoms with Crippen LogP contribution in [0.1, 0.15) is 40.8 Å². The van der Waals surface area contributed by atoms with Crippen LogP contribution in [0.3, 0.4) is 0 Å². The number of imidazole rings is 1. The number of nitrogens with zero attached hydrogens (tertiary/aromatic N) is 4. The van der Waals surface area contributed by atoms with Crippen molar-refractivity contribution in [2.45, 2.75) is 63.8 Å². The zero-order valence-electron chi connectivity index (χ0n) is 30.8. The van der Waals surface area contributed by atoms with Gasteiger partial charge in [0.05, 0.1) is 26.0 Å². The van der Waals surface area contributed by atoms with Crippen molar-refractivity contribution in [2.24, 2.45) is 5.41 Å². The number of carboxylic acids is 1. The Labute approximate surface area is 344 Å². The van der Waals surface area contributed by atoms with Gasteiger partial charge in [-0.2, -0.15) is 4.31 Å². The van der Waals surface area contributed by atoms with E-state index < -0.39 is 90.5 Å². The summed E-state index contributed by atoms with van der Waals surface area (Å²) in [7, 11) is -16.4. The van der Waals surface area contributed by atoms with Crippen LogP contribution in [-0.4, -0.2) is 134 Å². The van der Waals surface area contributed by atoms with E-state index in [4.69, 9.17) is 24.6 Å². The number of carbonyl (C=O) groups is 4. The molecule has 2 unspecified atom stereocenters. The van der Waals surface area contributed by atoms with Crippen molar-refractivity contribution in [2.75, 3.05) is 37.8 Å². The fourth-order valence-electron chi connectivity index (χ4n) is 4.58. The van der Waals surface area contributed by atoms with Crippen LogP contribution in [0.15, 0.2) is 12.7 Å². The van der Waals surface area contributed by atoms with Gasteiger partial charge in [-0.15, -0.1) is 0 Å². The van der Waals surface area contributed by atoms with Crippen molar-refractivity contribution >= 4 is 75.1 Å². The first kappa shape index (κ1) is 50.2. The molecule has 0 radical (unpaired) electrons. The quantitative estimate of drug-likeness (QED) is 0.0303. The number of hydrogen-bond donors (Lipinski definition) is 10. The molecular weight excluding hydrogens is 850 g/mol. The zero-order chi connectivity index (χ0) is 41.4. The van der Waals surface area contributed by atoms with E-state index in [-0.39, 0.29) is 91.2 Å². The van der Waals surface area contributed by atoms with Crippen LogP contribution in [0.5, 0.6) is 0 Å². The summed E-state index contributed by atoms with van der Waals surface area (Å²) < 4.78 is 61.9. The van der Waals surface area contributed by atoms with E-state index in [1.807, 2.05) is 0 Å². The summed E-state index contributed by atoms with van der Waals surface area (Å²) >= 11 is 0.849. The first-order chi connectivity index (χ1) is 25.4. The van der Waals surface area contributed by atoms with E-state index >= 15 is 0 Å². The summed E-state index contributed by atoms with van der Waals surface area (Å²) in [6.07, 6.45) is -7.55. The minimum Gasteiger partial charge on any atom is -1.00 e. The van der Waals surface area contributed by atoms with Crippen LogP contribution < -0.4 is 45.9 Å². The fraction of sp³-hybridized carbons (Fsp3) is 0.640. The monoisotopic (exact) mass is 891 g/mol. The van der Waals surface area contributed by atoms with Gasteiger partial charge in [0.2, 0.25) is 11.8 Å². The summed E-state index contributed by atoms with van der Waals surface area (Å²) in [5.41, 5.74) is 4.20. The van der Waals surface area contributed by atoms with Gasteiger partial charge < -0.3 is 57.4 Å². The van der Waals surface area contributed by atoms with Gasteiger partial charge in [0.15, 0.2) is 22.8 Å². The Balaban J connectivity index is 0.00000812. The number of nitrogens with one attached hydrogen (secondary N) is 2. The number of nitrogen functional groups attached to an aromatic ring is 1. The number of anilines is 1. The second kappa shape index (κ2) is 21.3. The predicted molar refractivity (Wildman–Crippen MR) is 185 cm³/mol. The summed E-state index contributed by atoms with van der Waals surface area (Å²) in [5, 5.41) is 34.4. The Morgan fingerprint density at radius 2 is 1.70 bits per heavy atom. The molecule has 1 aliphatic rings. The number of carbonyl (C=O) groups excluding carboxylic acids is 3. The number of phosphoric acid groups is 3. The van der Waals surface area contributed by atoms with Crippen LogP contribution in [-0.2, 0) is 55.5 Å². The number of aliphatic carboxylic acids is 1. The van der Waals surface area contributed by atoms with Gasteiger partial charge in [-0.3, -0.25) is 37.3 Å². The summed E-state index contributed by atoms with van der Waals surface area (Å²) in [6.45, 7) is 0.213. The van der Waals surface area contributed by atoms with E-state index in [1.165, 1.54) is 13.8 Å². The van der Waals surface area contributed by atoms with E-state index in [0.717, 1.165) is 29.0 Å². The van der Waals surface area contributed by atoms with Crippen LogP contribution in [0.4, 0.5) is 5.82 Å². The molecule has 1 saturated heterocycles. The van der Waals surface area contributed by atoms with Crippen LogP contribution in [0.2, 0.25) is 0 Å². The smallest absolute Gasteiger partial charge is 1.00 e. The number of rotatable bonds is 22. The molecule has 312 valence electrons. The largest absolute Gasteiger partial charge is 1.00 e. The molecular formula is C25H41N7NaO19P3S.